The minimum Gasteiger partial charge on any atom is -0.457 e. The Labute approximate surface area is 157 Å². The predicted octanol–water partition coefficient (Wildman–Crippen LogP) is 4.02. The van der Waals surface area contributed by atoms with E-state index in [0.717, 1.165) is 0 Å². The molecule has 0 radical (unpaired) electrons. The smallest absolute Gasteiger partial charge is 0.379 e. The van der Waals surface area contributed by atoms with Crippen LogP contribution in [0.4, 0.5) is 5.69 Å². The van der Waals surface area contributed by atoms with Gasteiger partial charge in [-0.3, -0.25) is 14.9 Å². The van der Waals surface area contributed by atoms with Crippen molar-refractivity contribution in [3.8, 4) is 11.5 Å². The topological polar surface area (TPSA) is 109 Å². The molecule has 1 aromatic heterocycles. The molecular weight excluding hydrogens is 366 g/mol. The lowest BCUT2D eigenvalue weighted by molar-refractivity contribution is -0.384. The van der Waals surface area contributed by atoms with Gasteiger partial charge in [-0.05, 0) is 48.0 Å². The molecule has 0 bridgehead atoms. The number of rotatable bonds is 4. The van der Waals surface area contributed by atoms with E-state index < -0.39 is 10.9 Å². The normalized spacial score (nSPS) is 13.9. The molecule has 8 nitrogen and oxygen atoms in total. The van der Waals surface area contributed by atoms with Crippen LogP contribution in [0.3, 0.4) is 0 Å². The molecule has 4 rings (SSSR count). The molecule has 3 aromatic rings. The molecule has 0 atom stereocenters. The number of ketones is 1. The molecule has 2 heterocycles. The van der Waals surface area contributed by atoms with Crippen molar-refractivity contribution in [3.63, 3.8) is 0 Å². The van der Waals surface area contributed by atoms with Gasteiger partial charge in [0.25, 0.3) is 5.69 Å². The highest BCUT2D eigenvalue weighted by atomic mass is 16.6. The van der Waals surface area contributed by atoms with E-state index in [4.69, 9.17) is 13.9 Å². The number of carbonyl (C=O) groups excluding carboxylic acids is 2. The molecule has 1 aliphatic rings. The number of fused-ring (bicyclic) bond motifs is 1. The summed E-state index contributed by atoms with van der Waals surface area (Å²) in [4.78, 5) is 34.6. The molecule has 0 N–H and O–H groups in total. The van der Waals surface area contributed by atoms with Gasteiger partial charge in [-0.15, -0.1) is 0 Å². The molecule has 0 unspecified atom stereocenters. The Morgan fingerprint density at radius 2 is 1.89 bits per heavy atom. The Morgan fingerprint density at radius 3 is 2.57 bits per heavy atom. The fourth-order valence-electron chi connectivity index (χ4n) is 2.63. The first-order valence-electron chi connectivity index (χ1n) is 8.10. The summed E-state index contributed by atoms with van der Waals surface area (Å²) < 4.78 is 15.8. The summed E-state index contributed by atoms with van der Waals surface area (Å²) in [6, 6.07) is 13.2. The second-order valence-corrected chi connectivity index (χ2v) is 5.81. The minimum absolute atomic E-state index is 0.0490. The minimum atomic E-state index is -0.670. The van der Waals surface area contributed by atoms with Crippen LogP contribution in [0.5, 0.6) is 11.5 Å². The third kappa shape index (κ3) is 3.26. The summed E-state index contributed by atoms with van der Waals surface area (Å²) in [5.41, 5.74) is 0.851. The number of nitrogens with zero attached hydrogens (tertiary/aromatic N) is 1. The summed E-state index contributed by atoms with van der Waals surface area (Å²) >= 11 is 0. The molecule has 138 valence electrons. The van der Waals surface area contributed by atoms with Crippen LogP contribution in [0.15, 0.2) is 71.0 Å². The van der Waals surface area contributed by atoms with Gasteiger partial charge in [0, 0.05) is 18.2 Å². The van der Waals surface area contributed by atoms with Gasteiger partial charge in [0.15, 0.2) is 5.76 Å². The summed E-state index contributed by atoms with van der Waals surface area (Å²) in [5, 5.41) is 10.7. The zero-order valence-electron chi connectivity index (χ0n) is 14.2. The van der Waals surface area contributed by atoms with Crippen LogP contribution >= 0.6 is 0 Å². The molecule has 0 fully saturated rings. The Morgan fingerprint density at radius 1 is 1.11 bits per heavy atom. The van der Waals surface area contributed by atoms with Crippen LogP contribution in [0, 0.1) is 10.1 Å². The van der Waals surface area contributed by atoms with E-state index in [1.165, 1.54) is 60.9 Å². The second kappa shape index (κ2) is 6.84. The van der Waals surface area contributed by atoms with Crippen LogP contribution in [0.1, 0.15) is 26.5 Å². The highest BCUT2D eigenvalue weighted by Gasteiger charge is 2.28. The van der Waals surface area contributed by atoms with E-state index in [2.05, 4.69) is 0 Å². The molecule has 0 amide bonds. The van der Waals surface area contributed by atoms with Gasteiger partial charge in [-0.25, -0.2) is 4.79 Å². The Kier molecular flexibility index (Phi) is 4.21. The predicted molar refractivity (Wildman–Crippen MR) is 96.1 cm³/mol. The zero-order valence-corrected chi connectivity index (χ0v) is 14.2. The number of ether oxygens (including phenoxy) is 2. The fraction of sp³-hybridized carbons (Fsp3) is 0. The van der Waals surface area contributed by atoms with Gasteiger partial charge in [-0.2, -0.15) is 0 Å². The number of benzene rings is 2. The first-order chi connectivity index (χ1) is 13.5. The molecule has 2 aromatic carbocycles. The van der Waals surface area contributed by atoms with Crippen LogP contribution < -0.4 is 9.47 Å². The number of hydrogen-bond acceptors (Lipinski definition) is 7. The largest absolute Gasteiger partial charge is 0.457 e. The third-order valence-corrected chi connectivity index (χ3v) is 3.98. The quantitative estimate of drug-likeness (QED) is 0.222. The molecular formula is C20H11NO7. The van der Waals surface area contributed by atoms with Crippen molar-refractivity contribution >= 4 is 23.5 Å². The van der Waals surface area contributed by atoms with E-state index in [9.17, 15) is 19.7 Å². The average molecular weight is 377 g/mol. The highest BCUT2D eigenvalue weighted by molar-refractivity contribution is 6.14. The number of hydrogen-bond donors (Lipinski definition) is 0. The van der Waals surface area contributed by atoms with E-state index >= 15 is 0 Å². The number of furan rings is 1. The summed E-state index contributed by atoms with van der Waals surface area (Å²) in [6.07, 6.45) is 2.84. The second-order valence-electron chi connectivity index (χ2n) is 5.81. The molecule has 0 saturated carbocycles. The summed E-state index contributed by atoms with van der Waals surface area (Å²) in [5.74, 6) is -0.435. The Hall–Kier alpha value is -4.20. The highest BCUT2D eigenvalue weighted by Crippen LogP contribution is 2.35. The van der Waals surface area contributed by atoms with Crippen LogP contribution in [-0.2, 0) is 0 Å². The molecule has 8 heteroatoms. The third-order valence-electron chi connectivity index (χ3n) is 3.98. The van der Waals surface area contributed by atoms with Crippen molar-refractivity contribution in [2.24, 2.45) is 0 Å². The monoisotopic (exact) mass is 377 g/mol. The van der Waals surface area contributed by atoms with Crippen molar-refractivity contribution in [2.75, 3.05) is 0 Å². The average Bonchev–Trinajstić information content (AvgIpc) is 3.31. The van der Waals surface area contributed by atoms with Crippen molar-refractivity contribution in [1.29, 1.82) is 0 Å². The Balaban J connectivity index is 1.54. The van der Waals surface area contributed by atoms with Gasteiger partial charge in [0.05, 0.1) is 16.7 Å². The summed E-state index contributed by atoms with van der Waals surface area (Å²) in [7, 11) is 0. The lowest BCUT2D eigenvalue weighted by Gasteiger charge is -2.04. The van der Waals surface area contributed by atoms with Crippen LogP contribution in [0.25, 0.3) is 6.08 Å². The standard InChI is InChI=1S/C20H11NO7/c22-19-15-8-7-14(27-20(23)16-2-1-9-26-16)11-17(15)28-18(19)10-12-3-5-13(6-4-12)21(24)25/h1-11H/b18-10-. The number of esters is 1. The molecule has 0 saturated heterocycles. The van der Waals surface area contributed by atoms with Crippen molar-refractivity contribution in [2.45, 2.75) is 0 Å². The zero-order chi connectivity index (χ0) is 19.7. The number of nitro groups is 1. The van der Waals surface area contributed by atoms with Gasteiger partial charge < -0.3 is 13.9 Å². The van der Waals surface area contributed by atoms with E-state index in [-0.39, 0.29) is 34.5 Å². The van der Waals surface area contributed by atoms with Crippen molar-refractivity contribution < 1.29 is 28.4 Å². The maximum Gasteiger partial charge on any atom is 0.379 e. The van der Waals surface area contributed by atoms with Gasteiger partial charge >= 0.3 is 5.97 Å². The molecule has 28 heavy (non-hydrogen) atoms. The molecule has 0 spiro atoms. The van der Waals surface area contributed by atoms with Gasteiger partial charge in [0.1, 0.15) is 11.5 Å². The first-order valence-corrected chi connectivity index (χ1v) is 8.10. The van der Waals surface area contributed by atoms with E-state index in [1.54, 1.807) is 6.07 Å². The number of nitro benzene ring substituents is 1. The van der Waals surface area contributed by atoms with Crippen molar-refractivity contribution in [3.05, 3.63) is 93.6 Å². The SMILES string of the molecule is O=C(Oc1ccc2c(c1)O/C(=C\c1ccc([N+](=O)[O-])cc1)C2=O)c1ccco1. The number of carbonyl (C=O) groups is 2. The molecule has 0 aliphatic carbocycles. The van der Waals surface area contributed by atoms with Crippen LogP contribution in [0.2, 0.25) is 0 Å². The van der Waals surface area contributed by atoms with E-state index in [0.29, 0.717) is 11.1 Å². The lowest BCUT2D eigenvalue weighted by atomic mass is 10.1. The maximum atomic E-state index is 12.5. The van der Waals surface area contributed by atoms with E-state index in [1.807, 2.05) is 0 Å². The molecule has 1 aliphatic heterocycles. The fourth-order valence-corrected chi connectivity index (χ4v) is 2.63. The van der Waals surface area contributed by atoms with Gasteiger partial charge in [-0.1, -0.05) is 0 Å². The van der Waals surface area contributed by atoms with Gasteiger partial charge in [0.2, 0.25) is 11.5 Å². The number of Topliss-reactive ketones (excluding diaryl/α,β-unsaturated/α-hetero) is 1. The summed E-state index contributed by atoms with van der Waals surface area (Å²) in [6.45, 7) is 0. The van der Waals surface area contributed by atoms with Crippen LogP contribution in [-0.4, -0.2) is 16.7 Å². The number of non-ortho nitro benzene ring substituents is 1. The lowest BCUT2D eigenvalue weighted by Crippen LogP contribution is -2.07. The van der Waals surface area contributed by atoms with Crippen molar-refractivity contribution in [1.82, 2.24) is 0 Å². The first kappa shape index (κ1) is 17.2. The Bertz CT molecular complexity index is 1110. The number of allylic oxidation sites excluding steroid dienone is 1. The maximum absolute atomic E-state index is 12.5.